The van der Waals surface area contributed by atoms with E-state index in [1.807, 2.05) is 41.9 Å². The van der Waals surface area contributed by atoms with Gasteiger partial charge in [0.25, 0.3) is 0 Å². The Labute approximate surface area is 236 Å². The number of H-pyrrole nitrogens is 1. The number of aryl methyl sites for hydroxylation is 1. The zero-order valence-corrected chi connectivity index (χ0v) is 22.8. The molecule has 3 aromatic heterocycles. The molecule has 0 spiro atoms. The fourth-order valence-electron chi connectivity index (χ4n) is 5.13. The van der Waals surface area contributed by atoms with Gasteiger partial charge in [0.2, 0.25) is 5.95 Å². The SMILES string of the molecule is CN1CCN(c2ccc3[nH]c(-c4cc(Oc5ccc6c(c5)nc(Nc5ccc(F)cc5)n6C)ccn4)nc3c2)CC1. The number of pyridine rings is 1. The number of aromatic amines is 1. The first kappa shape index (κ1) is 25.0. The van der Waals surface area contributed by atoms with Gasteiger partial charge in [-0.05, 0) is 67.7 Å². The molecule has 0 atom stereocenters. The number of ether oxygens (including phenoxy) is 1. The first-order chi connectivity index (χ1) is 20.0. The summed E-state index contributed by atoms with van der Waals surface area (Å²) in [5, 5.41) is 3.24. The lowest BCUT2D eigenvalue weighted by atomic mass is 10.2. The first-order valence-corrected chi connectivity index (χ1v) is 13.6. The average molecular weight is 549 g/mol. The van der Waals surface area contributed by atoms with Gasteiger partial charge in [-0.3, -0.25) is 4.98 Å². The summed E-state index contributed by atoms with van der Waals surface area (Å²) in [5.74, 6) is 2.36. The van der Waals surface area contributed by atoms with Gasteiger partial charge < -0.3 is 29.4 Å². The van der Waals surface area contributed by atoms with Crippen molar-refractivity contribution in [2.75, 3.05) is 43.4 Å². The average Bonchev–Trinajstić information content (AvgIpc) is 3.55. The Balaban J connectivity index is 1.11. The van der Waals surface area contributed by atoms with Gasteiger partial charge in [-0.2, -0.15) is 0 Å². The van der Waals surface area contributed by atoms with Crippen molar-refractivity contribution in [2.45, 2.75) is 0 Å². The molecule has 4 heterocycles. The molecule has 10 heteroatoms. The highest BCUT2D eigenvalue weighted by Gasteiger charge is 2.16. The molecule has 0 amide bonds. The van der Waals surface area contributed by atoms with Crippen molar-refractivity contribution in [3.8, 4) is 23.0 Å². The Morgan fingerprint density at radius 3 is 2.46 bits per heavy atom. The molecule has 6 aromatic rings. The number of fused-ring (bicyclic) bond motifs is 2. The Morgan fingerprint density at radius 1 is 0.829 bits per heavy atom. The first-order valence-electron chi connectivity index (χ1n) is 13.6. The summed E-state index contributed by atoms with van der Waals surface area (Å²) in [4.78, 5) is 22.2. The van der Waals surface area contributed by atoms with E-state index in [2.05, 4.69) is 50.3 Å². The molecule has 0 unspecified atom stereocenters. The number of halogens is 1. The monoisotopic (exact) mass is 548 g/mol. The molecule has 41 heavy (non-hydrogen) atoms. The predicted molar refractivity (Wildman–Crippen MR) is 160 cm³/mol. The highest BCUT2D eigenvalue weighted by molar-refractivity contribution is 5.83. The quantitative estimate of drug-likeness (QED) is 0.266. The minimum Gasteiger partial charge on any atom is -0.457 e. The summed E-state index contributed by atoms with van der Waals surface area (Å²) in [6.45, 7) is 4.14. The van der Waals surface area contributed by atoms with Crippen molar-refractivity contribution in [1.29, 1.82) is 0 Å². The summed E-state index contributed by atoms with van der Waals surface area (Å²) < 4.78 is 21.4. The van der Waals surface area contributed by atoms with Crippen LogP contribution in [0.4, 0.5) is 21.7 Å². The number of aromatic nitrogens is 5. The Kier molecular flexibility index (Phi) is 6.24. The molecular weight excluding hydrogens is 519 g/mol. The minimum atomic E-state index is -0.280. The normalized spacial score (nSPS) is 14.2. The molecule has 0 bridgehead atoms. The van der Waals surface area contributed by atoms with E-state index in [0.717, 1.165) is 53.9 Å². The van der Waals surface area contributed by atoms with Gasteiger partial charge in [-0.15, -0.1) is 0 Å². The van der Waals surface area contributed by atoms with Crippen LogP contribution in [0.2, 0.25) is 0 Å². The van der Waals surface area contributed by atoms with Crippen LogP contribution in [-0.4, -0.2) is 62.6 Å². The number of nitrogens with one attached hydrogen (secondary N) is 2. The smallest absolute Gasteiger partial charge is 0.208 e. The van der Waals surface area contributed by atoms with E-state index in [9.17, 15) is 4.39 Å². The topological polar surface area (TPSA) is 87.1 Å². The number of benzene rings is 3. The molecule has 0 radical (unpaired) electrons. The van der Waals surface area contributed by atoms with E-state index >= 15 is 0 Å². The van der Waals surface area contributed by atoms with Crippen LogP contribution < -0.4 is 15.0 Å². The van der Waals surface area contributed by atoms with Gasteiger partial charge in [0, 0.05) is 62.9 Å². The van der Waals surface area contributed by atoms with Crippen molar-refractivity contribution >= 4 is 39.4 Å². The number of rotatable bonds is 6. The molecule has 0 saturated carbocycles. The predicted octanol–water partition coefficient (Wildman–Crippen LogP) is 5.94. The van der Waals surface area contributed by atoms with E-state index in [4.69, 9.17) is 14.7 Å². The summed E-state index contributed by atoms with van der Waals surface area (Å²) >= 11 is 0. The van der Waals surface area contributed by atoms with Crippen molar-refractivity contribution < 1.29 is 9.13 Å². The van der Waals surface area contributed by atoms with Gasteiger partial charge >= 0.3 is 0 Å². The zero-order valence-electron chi connectivity index (χ0n) is 22.8. The second-order valence-electron chi connectivity index (χ2n) is 10.3. The van der Waals surface area contributed by atoms with Gasteiger partial charge in [-0.25, -0.2) is 14.4 Å². The number of hydrogen-bond acceptors (Lipinski definition) is 7. The lowest BCUT2D eigenvalue weighted by Crippen LogP contribution is -2.44. The van der Waals surface area contributed by atoms with Crippen molar-refractivity contribution in [1.82, 2.24) is 29.4 Å². The number of piperazine rings is 1. The minimum absolute atomic E-state index is 0.280. The van der Waals surface area contributed by atoms with Crippen LogP contribution in [0, 0.1) is 5.82 Å². The molecule has 1 fully saturated rings. The molecule has 3 aromatic carbocycles. The third kappa shape index (κ3) is 5.05. The third-order valence-corrected chi connectivity index (χ3v) is 7.50. The number of anilines is 3. The Bertz CT molecular complexity index is 1850. The molecule has 2 N–H and O–H groups in total. The van der Waals surface area contributed by atoms with Crippen molar-refractivity contribution in [2.24, 2.45) is 7.05 Å². The number of likely N-dealkylation sites (N-methyl/N-ethyl adjacent to an activating group) is 1. The largest absolute Gasteiger partial charge is 0.457 e. The summed E-state index contributed by atoms with van der Waals surface area (Å²) in [6.07, 6.45) is 1.72. The molecule has 1 aliphatic rings. The van der Waals surface area contributed by atoms with E-state index in [1.54, 1.807) is 18.3 Å². The van der Waals surface area contributed by atoms with E-state index in [1.165, 1.54) is 17.8 Å². The molecule has 7 rings (SSSR count). The molecule has 206 valence electrons. The van der Waals surface area contributed by atoms with Crippen LogP contribution in [0.15, 0.2) is 79.0 Å². The summed E-state index contributed by atoms with van der Waals surface area (Å²) in [5.41, 5.74) is 6.24. The van der Waals surface area contributed by atoms with Gasteiger partial charge in [0.15, 0.2) is 5.82 Å². The Morgan fingerprint density at radius 2 is 1.63 bits per heavy atom. The maximum absolute atomic E-state index is 13.3. The number of hydrogen-bond donors (Lipinski definition) is 2. The lowest BCUT2D eigenvalue weighted by molar-refractivity contribution is 0.313. The second-order valence-corrected chi connectivity index (χ2v) is 10.3. The standard InChI is InChI=1S/C31H29FN8O/c1-38-13-15-40(16-14-38)22-7-9-25-26(17-22)36-30(35-25)28-19-24(11-12-33-28)41-23-8-10-29-27(18-23)37-31(39(29)2)34-21-5-3-20(32)4-6-21/h3-12,17-19H,13-16H2,1-2H3,(H,34,37)(H,35,36). The molecule has 0 aliphatic carbocycles. The lowest BCUT2D eigenvalue weighted by Gasteiger charge is -2.34. The maximum atomic E-state index is 13.3. The Hall–Kier alpha value is -4.96. The van der Waals surface area contributed by atoms with Gasteiger partial charge in [-0.1, -0.05) is 0 Å². The van der Waals surface area contributed by atoms with Crippen LogP contribution in [-0.2, 0) is 7.05 Å². The van der Waals surface area contributed by atoms with Gasteiger partial charge in [0.05, 0.1) is 22.1 Å². The third-order valence-electron chi connectivity index (χ3n) is 7.50. The van der Waals surface area contributed by atoms with Crippen molar-refractivity contribution in [3.05, 3.63) is 84.8 Å². The van der Waals surface area contributed by atoms with E-state index < -0.39 is 0 Å². The maximum Gasteiger partial charge on any atom is 0.208 e. The fourth-order valence-corrected chi connectivity index (χ4v) is 5.13. The highest BCUT2D eigenvalue weighted by Crippen LogP contribution is 2.30. The number of nitrogens with zero attached hydrogens (tertiary/aromatic N) is 6. The zero-order chi connectivity index (χ0) is 27.9. The van der Waals surface area contributed by atoms with Crippen molar-refractivity contribution in [3.63, 3.8) is 0 Å². The van der Waals surface area contributed by atoms with Crippen LogP contribution in [0.1, 0.15) is 0 Å². The van der Waals surface area contributed by atoms with E-state index in [-0.39, 0.29) is 5.82 Å². The van der Waals surface area contributed by atoms with Crippen LogP contribution in [0.3, 0.4) is 0 Å². The molecular formula is C31H29FN8O. The van der Waals surface area contributed by atoms with Crippen LogP contribution >= 0.6 is 0 Å². The highest BCUT2D eigenvalue weighted by atomic mass is 19.1. The summed E-state index contributed by atoms with van der Waals surface area (Å²) in [6, 6.07) is 22.0. The van der Waals surface area contributed by atoms with E-state index in [0.29, 0.717) is 29.0 Å². The number of imidazole rings is 2. The molecule has 9 nitrogen and oxygen atoms in total. The van der Waals surface area contributed by atoms with Gasteiger partial charge in [0.1, 0.15) is 23.0 Å². The van der Waals surface area contributed by atoms with Crippen LogP contribution in [0.5, 0.6) is 11.5 Å². The fraction of sp³-hybridized carbons (Fsp3) is 0.194. The second kappa shape index (κ2) is 10.2. The van der Waals surface area contributed by atoms with Crippen LogP contribution in [0.25, 0.3) is 33.6 Å². The summed E-state index contributed by atoms with van der Waals surface area (Å²) in [7, 11) is 4.09. The molecule has 1 aliphatic heterocycles. The molecule has 1 saturated heterocycles.